The zero-order chi connectivity index (χ0) is 19.2. The molecule has 0 saturated carbocycles. The van der Waals surface area contributed by atoms with Gasteiger partial charge in [0.25, 0.3) is 11.6 Å². The summed E-state index contributed by atoms with van der Waals surface area (Å²) in [6.45, 7) is 8.65. The lowest BCUT2D eigenvalue weighted by atomic mass is 9.79. The SMILES string of the molecule is CC(C)OCCC(C)(C)CNC(=O)c1cc(B(O)O)ccc1[N+](=O)[O-]. The molecule has 0 aliphatic heterocycles. The summed E-state index contributed by atoms with van der Waals surface area (Å²) in [4.78, 5) is 22.8. The minimum atomic E-state index is -1.81. The van der Waals surface area contributed by atoms with Crippen molar-refractivity contribution in [3.05, 3.63) is 33.9 Å². The van der Waals surface area contributed by atoms with Crippen molar-refractivity contribution in [3.63, 3.8) is 0 Å². The fourth-order valence-corrected chi connectivity index (χ4v) is 2.13. The van der Waals surface area contributed by atoms with Crippen molar-refractivity contribution in [1.82, 2.24) is 5.32 Å². The number of carbonyl (C=O) groups is 1. The molecule has 3 N–H and O–H groups in total. The van der Waals surface area contributed by atoms with Crippen LogP contribution in [0.1, 0.15) is 44.5 Å². The van der Waals surface area contributed by atoms with Crippen molar-refractivity contribution in [1.29, 1.82) is 0 Å². The number of benzene rings is 1. The molecule has 1 rings (SSSR count). The Kier molecular flexibility index (Phi) is 7.53. The van der Waals surface area contributed by atoms with Gasteiger partial charge < -0.3 is 20.1 Å². The summed E-state index contributed by atoms with van der Waals surface area (Å²) in [5.41, 5.74) is -0.832. The topological polar surface area (TPSA) is 122 Å². The van der Waals surface area contributed by atoms with E-state index in [-0.39, 0.29) is 28.2 Å². The van der Waals surface area contributed by atoms with Crippen molar-refractivity contribution in [3.8, 4) is 0 Å². The molecular formula is C16H25BN2O6. The Morgan fingerprint density at radius 3 is 2.56 bits per heavy atom. The van der Waals surface area contributed by atoms with Crippen molar-refractivity contribution >= 4 is 24.2 Å². The van der Waals surface area contributed by atoms with Crippen molar-refractivity contribution in [2.75, 3.05) is 13.2 Å². The number of nitrogens with zero attached hydrogens (tertiary/aromatic N) is 1. The number of hydrogen-bond donors (Lipinski definition) is 3. The van der Waals surface area contributed by atoms with E-state index in [4.69, 9.17) is 4.74 Å². The predicted octanol–water partition coefficient (Wildman–Crippen LogP) is 0.846. The van der Waals surface area contributed by atoms with E-state index in [1.165, 1.54) is 6.07 Å². The van der Waals surface area contributed by atoms with E-state index in [0.717, 1.165) is 12.1 Å². The Bertz CT molecular complexity index is 619. The summed E-state index contributed by atoms with van der Waals surface area (Å²) >= 11 is 0. The molecule has 0 aromatic heterocycles. The molecule has 1 aromatic rings. The molecule has 0 heterocycles. The summed E-state index contributed by atoms with van der Waals surface area (Å²) < 4.78 is 5.50. The van der Waals surface area contributed by atoms with Crippen LogP contribution in [-0.4, -0.2) is 47.3 Å². The lowest BCUT2D eigenvalue weighted by Gasteiger charge is -2.25. The third kappa shape index (κ3) is 6.81. The highest BCUT2D eigenvalue weighted by Gasteiger charge is 2.25. The quantitative estimate of drug-likeness (QED) is 0.344. The summed E-state index contributed by atoms with van der Waals surface area (Å²) in [5.74, 6) is -0.632. The number of rotatable bonds is 9. The van der Waals surface area contributed by atoms with Gasteiger partial charge in [-0.05, 0) is 37.2 Å². The first-order chi connectivity index (χ1) is 11.5. The molecule has 1 amide bonds. The molecule has 0 saturated heterocycles. The number of carbonyl (C=O) groups excluding carboxylic acids is 1. The van der Waals surface area contributed by atoms with Crippen LogP contribution in [-0.2, 0) is 4.74 Å². The van der Waals surface area contributed by atoms with Crippen LogP contribution >= 0.6 is 0 Å². The highest BCUT2D eigenvalue weighted by atomic mass is 16.6. The van der Waals surface area contributed by atoms with Gasteiger partial charge in [0.15, 0.2) is 0 Å². The van der Waals surface area contributed by atoms with E-state index >= 15 is 0 Å². The Morgan fingerprint density at radius 2 is 2.04 bits per heavy atom. The Labute approximate surface area is 147 Å². The van der Waals surface area contributed by atoms with Gasteiger partial charge in [0, 0.05) is 19.2 Å². The molecule has 8 nitrogen and oxygen atoms in total. The van der Waals surface area contributed by atoms with Gasteiger partial charge in [0.2, 0.25) is 0 Å². The third-order valence-electron chi connectivity index (χ3n) is 3.72. The van der Waals surface area contributed by atoms with Crippen molar-refractivity contribution in [2.45, 2.75) is 40.2 Å². The number of ether oxygens (including phenoxy) is 1. The molecule has 9 heteroatoms. The van der Waals surface area contributed by atoms with E-state index in [1.807, 2.05) is 27.7 Å². The average Bonchev–Trinajstić information content (AvgIpc) is 2.51. The normalized spacial score (nSPS) is 11.5. The number of nitro benzene ring substituents is 1. The van der Waals surface area contributed by atoms with Gasteiger partial charge >= 0.3 is 7.12 Å². The lowest BCUT2D eigenvalue weighted by molar-refractivity contribution is -0.385. The first kappa shape index (κ1) is 21.1. The van der Waals surface area contributed by atoms with Gasteiger partial charge in [-0.1, -0.05) is 19.9 Å². The average molecular weight is 352 g/mol. The minimum Gasteiger partial charge on any atom is -0.423 e. The zero-order valence-corrected chi connectivity index (χ0v) is 15.0. The van der Waals surface area contributed by atoms with Gasteiger partial charge in [-0.2, -0.15) is 0 Å². The standard InChI is InChI=1S/C16H25BN2O6/c1-11(2)25-8-7-16(3,4)10-18-15(20)13-9-12(17(21)22)5-6-14(13)19(23)24/h5-6,9,11,21-22H,7-8,10H2,1-4H3,(H,18,20). The van der Waals surface area contributed by atoms with E-state index in [1.54, 1.807) is 0 Å². The van der Waals surface area contributed by atoms with Crippen LogP contribution < -0.4 is 10.8 Å². The van der Waals surface area contributed by atoms with Gasteiger partial charge in [-0.3, -0.25) is 14.9 Å². The second kappa shape index (κ2) is 8.93. The minimum absolute atomic E-state index is 0.0142. The number of hydrogen-bond acceptors (Lipinski definition) is 6. The van der Waals surface area contributed by atoms with Crippen molar-refractivity contribution in [2.24, 2.45) is 5.41 Å². The van der Waals surface area contributed by atoms with Crippen LogP contribution in [0.15, 0.2) is 18.2 Å². The molecule has 0 radical (unpaired) electrons. The number of amides is 1. The summed E-state index contributed by atoms with van der Waals surface area (Å²) in [6, 6.07) is 3.41. The highest BCUT2D eigenvalue weighted by Crippen LogP contribution is 2.21. The van der Waals surface area contributed by atoms with Gasteiger partial charge in [-0.25, -0.2) is 0 Å². The monoisotopic (exact) mass is 352 g/mol. The molecule has 0 bridgehead atoms. The van der Waals surface area contributed by atoms with Crippen LogP contribution in [0.3, 0.4) is 0 Å². The lowest BCUT2D eigenvalue weighted by Crippen LogP contribution is -2.36. The fourth-order valence-electron chi connectivity index (χ4n) is 2.13. The van der Waals surface area contributed by atoms with E-state index in [2.05, 4.69) is 5.32 Å². The predicted molar refractivity (Wildman–Crippen MR) is 94.7 cm³/mol. The smallest absolute Gasteiger partial charge is 0.423 e. The number of nitrogens with one attached hydrogen (secondary N) is 1. The zero-order valence-electron chi connectivity index (χ0n) is 15.0. The van der Waals surface area contributed by atoms with Crippen LogP contribution in [0.4, 0.5) is 5.69 Å². The second-order valence-corrected chi connectivity index (χ2v) is 6.92. The maximum atomic E-state index is 12.4. The molecule has 138 valence electrons. The van der Waals surface area contributed by atoms with Gasteiger partial charge in [-0.15, -0.1) is 0 Å². The Morgan fingerprint density at radius 1 is 1.40 bits per heavy atom. The van der Waals surface area contributed by atoms with Gasteiger partial charge in [0.05, 0.1) is 11.0 Å². The largest absolute Gasteiger partial charge is 0.488 e. The molecule has 0 spiro atoms. The highest BCUT2D eigenvalue weighted by molar-refractivity contribution is 6.58. The Balaban J connectivity index is 2.82. The fraction of sp³-hybridized carbons (Fsp3) is 0.562. The molecule has 25 heavy (non-hydrogen) atoms. The summed E-state index contributed by atoms with van der Waals surface area (Å²) in [6.07, 6.45) is 0.837. The Hall–Kier alpha value is -1.97. The summed E-state index contributed by atoms with van der Waals surface area (Å²) in [7, 11) is -1.81. The van der Waals surface area contributed by atoms with Crippen LogP contribution in [0.2, 0.25) is 0 Å². The molecule has 0 fully saturated rings. The van der Waals surface area contributed by atoms with Crippen LogP contribution in [0, 0.1) is 15.5 Å². The molecule has 1 aromatic carbocycles. The molecule has 0 aliphatic rings. The first-order valence-electron chi connectivity index (χ1n) is 8.08. The second-order valence-electron chi connectivity index (χ2n) is 6.92. The first-order valence-corrected chi connectivity index (χ1v) is 8.08. The van der Waals surface area contributed by atoms with Crippen LogP contribution in [0.5, 0.6) is 0 Å². The van der Waals surface area contributed by atoms with E-state index < -0.39 is 17.9 Å². The van der Waals surface area contributed by atoms with Gasteiger partial charge in [0.1, 0.15) is 5.56 Å². The van der Waals surface area contributed by atoms with Crippen molar-refractivity contribution < 1.29 is 24.5 Å². The molecule has 0 atom stereocenters. The van der Waals surface area contributed by atoms with Crippen LogP contribution in [0.25, 0.3) is 0 Å². The van der Waals surface area contributed by atoms with E-state index in [0.29, 0.717) is 19.6 Å². The molecular weight excluding hydrogens is 327 g/mol. The molecule has 0 aliphatic carbocycles. The van der Waals surface area contributed by atoms with E-state index in [9.17, 15) is 25.0 Å². The summed E-state index contributed by atoms with van der Waals surface area (Å²) in [5, 5.41) is 32.2. The maximum absolute atomic E-state index is 12.4. The third-order valence-corrected chi connectivity index (χ3v) is 3.72. The number of nitro groups is 1. The molecule has 0 unspecified atom stereocenters. The maximum Gasteiger partial charge on any atom is 0.488 e.